The number of nitrogens with two attached hydrogens (primary N) is 1. The van der Waals surface area contributed by atoms with Crippen LogP contribution >= 0.6 is 11.6 Å². The van der Waals surface area contributed by atoms with Crippen molar-refractivity contribution in [1.29, 1.82) is 0 Å². The van der Waals surface area contributed by atoms with Gasteiger partial charge in [0, 0.05) is 0 Å². The Morgan fingerprint density at radius 2 is 2.27 bits per heavy atom. The third-order valence-corrected chi connectivity index (χ3v) is 3.54. The lowest BCUT2D eigenvalue weighted by Gasteiger charge is -2.15. The molecule has 4 N–H and O–H groups in total. The SMILES string of the molecule is NC(=O)c1nc(Cl)nc2c1ncn2[C@@H]1O[C@H](CO)[C@@H](O)[C@@H]1F. The fraction of sp³-hybridized carbons (Fsp3) is 0.455. The van der Waals surface area contributed by atoms with Gasteiger partial charge in [0.25, 0.3) is 5.91 Å². The Morgan fingerprint density at radius 3 is 2.86 bits per heavy atom. The van der Waals surface area contributed by atoms with E-state index in [4.69, 9.17) is 27.2 Å². The van der Waals surface area contributed by atoms with Crippen molar-refractivity contribution in [2.24, 2.45) is 5.73 Å². The Labute approximate surface area is 127 Å². The zero-order chi connectivity index (χ0) is 16.0. The predicted molar refractivity (Wildman–Crippen MR) is 70.7 cm³/mol. The van der Waals surface area contributed by atoms with Crippen LogP contribution < -0.4 is 5.73 Å². The number of primary amides is 1. The molecule has 2 aromatic rings. The number of hydrogen-bond donors (Lipinski definition) is 3. The first-order chi connectivity index (χ1) is 10.4. The topological polar surface area (TPSA) is 136 Å². The van der Waals surface area contributed by atoms with Crippen LogP contribution in [0.1, 0.15) is 16.7 Å². The van der Waals surface area contributed by atoms with Crippen LogP contribution in [-0.2, 0) is 4.74 Å². The van der Waals surface area contributed by atoms with E-state index in [1.807, 2.05) is 0 Å². The Morgan fingerprint density at radius 1 is 1.55 bits per heavy atom. The monoisotopic (exact) mass is 331 g/mol. The number of nitrogens with zero attached hydrogens (tertiary/aromatic N) is 4. The van der Waals surface area contributed by atoms with E-state index in [1.165, 1.54) is 10.9 Å². The summed E-state index contributed by atoms with van der Waals surface area (Å²) < 4.78 is 20.6. The van der Waals surface area contributed by atoms with Gasteiger partial charge in [0.15, 0.2) is 23.7 Å². The van der Waals surface area contributed by atoms with E-state index in [-0.39, 0.29) is 22.1 Å². The molecule has 0 bridgehead atoms. The molecule has 3 rings (SSSR count). The molecule has 0 saturated carbocycles. The summed E-state index contributed by atoms with van der Waals surface area (Å²) in [6.07, 6.45) is -4.50. The molecule has 1 fully saturated rings. The molecule has 1 saturated heterocycles. The Bertz CT molecular complexity index is 741. The third-order valence-electron chi connectivity index (χ3n) is 3.38. The molecule has 1 aliphatic rings. The summed E-state index contributed by atoms with van der Waals surface area (Å²) in [4.78, 5) is 22.9. The molecule has 2 aromatic heterocycles. The van der Waals surface area contributed by atoms with Gasteiger partial charge >= 0.3 is 0 Å². The van der Waals surface area contributed by atoms with Gasteiger partial charge in [-0.05, 0) is 11.6 Å². The number of imidazole rings is 1. The number of aliphatic hydroxyl groups is 2. The maximum absolute atomic E-state index is 14.2. The van der Waals surface area contributed by atoms with E-state index >= 15 is 0 Å². The second kappa shape index (κ2) is 5.39. The lowest BCUT2D eigenvalue weighted by atomic mass is 10.1. The molecule has 0 spiro atoms. The van der Waals surface area contributed by atoms with E-state index < -0.39 is 37.1 Å². The van der Waals surface area contributed by atoms with Gasteiger partial charge in [-0.25, -0.2) is 14.4 Å². The van der Waals surface area contributed by atoms with Gasteiger partial charge in [0.05, 0.1) is 12.9 Å². The minimum absolute atomic E-state index is 0.0345. The van der Waals surface area contributed by atoms with E-state index in [1.54, 1.807) is 0 Å². The number of hydrogen-bond acceptors (Lipinski definition) is 7. The molecule has 4 atom stereocenters. The van der Waals surface area contributed by atoms with Gasteiger partial charge in [0.1, 0.15) is 17.7 Å². The van der Waals surface area contributed by atoms with Crippen molar-refractivity contribution < 1.29 is 24.1 Å². The molecule has 0 aliphatic carbocycles. The molecule has 0 unspecified atom stereocenters. The molecule has 0 aromatic carbocycles. The normalized spacial score (nSPS) is 28.4. The maximum Gasteiger partial charge on any atom is 0.269 e. The number of aliphatic hydroxyl groups excluding tert-OH is 2. The zero-order valence-corrected chi connectivity index (χ0v) is 11.7. The predicted octanol–water partition coefficient (Wildman–Crippen LogP) is -0.833. The van der Waals surface area contributed by atoms with E-state index in [9.17, 15) is 14.3 Å². The summed E-state index contributed by atoms with van der Waals surface area (Å²) in [5.74, 6) is -0.864. The highest BCUT2D eigenvalue weighted by molar-refractivity contribution is 6.28. The standard InChI is InChI=1S/C11H11ClFN5O4/c12-11-16-5(8(14)21)6-9(17-11)18(2-15-6)10-4(13)7(20)3(1-19)22-10/h2-4,7,10,19-20H,1H2,(H2,14,21)/t3-,4+,7-,10-/m1/s1. The van der Waals surface area contributed by atoms with Gasteiger partial charge in [-0.3, -0.25) is 9.36 Å². The van der Waals surface area contributed by atoms with Gasteiger partial charge < -0.3 is 20.7 Å². The van der Waals surface area contributed by atoms with E-state index in [2.05, 4.69) is 15.0 Å². The van der Waals surface area contributed by atoms with Crippen LogP contribution in [0.5, 0.6) is 0 Å². The highest BCUT2D eigenvalue weighted by atomic mass is 35.5. The number of aromatic nitrogens is 4. The third kappa shape index (κ3) is 2.20. The van der Waals surface area contributed by atoms with Crippen LogP contribution in [0.3, 0.4) is 0 Å². The summed E-state index contributed by atoms with van der Waals surface area (Å²) in [5, 5.41) is 18.5. The van der Waals surface area contributed by atoms with Crippen molar-refractivity contribution >= 4 is 28.7 Å². The van der Waals surface area contributed by atoms with Crippen LogP contribution in [0.2, 0.25) is 5.28 Å². The van der Waals surface area contributed by atoms with E-state index in [0.717, 1.165) is 0 Å². The fourth-order valence-corrected chi connectivity index (χ4v) is 2.49. The maximum atomic E-state index is 14.2. The number of halogens is 2. The molecule has 22 heavy (non-hydrogen) atoms. The summed E-state index contributed by atoms with van der Waals surface area (Å²) >= 11 is 5.73. The number of alkyl halides is 1. The second-order valence-electron chi connectivity index (χ2n) is 4.71. The molecular formula is C11H11ClFN5O4. The van der Waals surface area contributed by atoms with Gasteiger partial charge in [0.2, 0.25) is 5.28 Å². The first-order valence-corrected chi connectivity index (χ1v) is 6.60. The highest BCUT2D eigenvalue weighted by Gasteiger charge is 2.45. The number of amides is 1. The molecule has 1 aliphatic heterocycles. The number of ether oxygens (including phenoxy) is 1. The van der Waals surface area contributed by atoms with Crippen molar-refractivity contribution in [3.8, 4) is 0 Å². The Hall–Kier alpha value is -1.88. The van der Waals surface area contributed by atoms with E-state index in [0.29, 0.717) is 0 Å². The van der Waals surface area contributed by atoms with Crippen molar-refractivity contribution in [3.63, 3.8) is 0 Å². The fourth-order valence-electron chi connectivity index (χ4n) is 2.33. The molecule has 1 amide bonds. The second-order valence-corrected chi connectivity index (χ2v) is 5.05. The molecule has 3 heterocycles. The van der Waals surface area contributed by atoms with Gasteiger partial charge in [-0.15, -0.1) is 0 Å². The van der Waals surface area contributed by atoms with Crippen LogP contribution in [-0.4, -0.2) is 60.6 Å². The summed E-state index contributed by atoms with van der Waals surface area (Å²) in [7, 11) is 0. The lowest BCUT2D eigenvalue weighted by Crippen LogP contribution is -2.30. The van der Waals surface area contributed by atoms with Crippen molar-refractivity contribution in [2.45, 2.75) is 24.6 Å². The summed E-state index contributed by atoms with van der Waals surface area (Å²) in [6.45, 7) is -0.549. The first-order valence-electron chi connectivity index (χ1n) is 6.22. The Balaban J connectivity index is 2.11. The molecule has 0 radical (unpaired) electrons. The lowest BCUT2D eigenvalue weighted by molar-refractivity contribution is -0.0459. The molecule has 118 valence electrons. The van der Waals surface area contributed by atoms with Crippen LogP contribution in [0.25, 0.3) is 11.2 Å². The smallest absolute Gasteiger partial charge is 0.269 e. The first kappa shape index (κ1) is 15.0. The van der Waals surface area contributed by atoms with Crippen LogP contribution in [0.4, 0.5) is 4.39 Å². The van der Waals surface area contributed by atoms with Crippen LogP contribution in [0.15, 0.2) is 6.33 Å². The van der Waals surface area contributed by atoms with Crippen LogP contribution in [0, 0.1) is 0 Å². The summed E-state index contributed by atoms with van der Waals surface area (Å²) in [6, 6.07) is 0. The number of carbonyl (C=O) groups excluding carboxylic acids is 1. The minimum Gasteiger partial charge on any atom is -0.394 e. The summed E-state index contributed by atoms with van der Waals surface area (Å²) in [5.41, 5.74) is 5.05. The average Bonchev–Trinajstić information content (AvgIpc) is 3.00. The average molecular weight is 332 g/mol. The van der Waals surface area contributed by atoms with Crippen molar-refractivity contribution in [2.75, 3.05) is 6.61 Å². The van der Waals surface area contributed by atoms with Crippen molar-refractivity contribution in [3.05, 3.63) is 17.3 Å². The number of rotatable bonds is 3. The highest BCUT2D eigenvalue weighted by Crippen LogP contribution is 2.33. The molecule has 11 heteroatoms. The molecule has 9 nitrogen and oxygen atoms in total. The van der Waals surface area contributed by atoms with Crippen molar-refractivity contribution in [1.82, 2.24) is 19.5 Å². The quantitative estimate of drug-likeness (QED) is 0.624. The minimum atomic E-state index is -1.82. The Kier molecular flexibility index (Phi) is 3.68. The largest absolute Gasteiger partial charge is 0.394 e. The number of carbonyl (C=O) groups is 1. The molecular weight excluding hydrogens is 321 g/mol. The van der Waals surface area contributed by atoms with Gasteiger partial charge in [-0.1, -0.05) is 0 Å². The number of fused-ring (bicyclic) bond motifs is 1. The van der Waals surface area contributed by atoms with Gasteiger partial charge in [-0.2, -0.15) is 4.98 Å². The zero-order valence-electron chi connectivity index (χ0n) is 10.9.